The third-order valence-corrected chi connectivity index (χ3v) is 5.58. The standard InChI is InChI=1S/C17H22N4OS/c1-13-4-5-16(20-19-13)18-14-9-17(22-11-14)6-7-21(12-17)10-15-3-2-8-23-15/h2-5,8,14H,6-7,9-12H2,1H3,(H,18,20)/t14-,17+/m0/s1. The Hall–Kier alpha value is -1.50. The lowest BCUT2D eigenvalue weighted by atomic mass is 9.97. The summed E-state index contributed by atoms with van der Waals surface area (Å²) in [7, 11) is 0. The van der Waals surface area contributed by atoms with Gasteiger partial charge in [0, 0.05) is 30.9 Å². The fourth-order valence-corrected chi connectivity index (χ4v) is 4.34. The molecule has 2 aliphatic heterocycles. The molecular formula is C17H22N4OS. The Kier molecular flexibility index (Phi) is 4.05. The first kappa shape index (κ1) is 15.1. The predicted octanol–water partition coefficient (Wildman–Crippen LogP) is 2.69. The van der Waals surface area contributed by atoms with Crippen molar-refractivity contribution in [1.82, 2.24) is 15.1 Å². The molecule has 2 aliphatic rings. The van der Waals surface area contributed by atoms with Crippen molar-refractivity contribution in [1.29, 1.82) is 0 Å². The van der Waals surface area contributed by atoms with Crippen LogP contribution in [0.2, 0.25) is 0 Å². The molecule has 2 aromatic rings. The van der Waals surface area contributed by atoms with Crippen molar-refractivity contribution >= 4 is 17.2 Å². The van der Waals surface area contributed by atoms with Crippen molar-refractivity contribution in [3.63, 3.8) is 0 Å². The van der Waals surface area contributed by atoms with E-state index >= 15 is 0 Å². The number of hydrogen-bond acceptors (Lipinski definition) is 6. The maximum Gasteiger partial charge on any atom is 0.148 e. The Labute approximate surface area is 140 Å². The van der Waals surface area contributed by atoms with Gasteiger partial charge in [-0.2, -0.15) is 5.10 Å². The highest BCUT2D eigenvalue weighted by atomic mass is 32.1. The van der Waals surface area contributed by atoms with Gasteiger partial charge in [-0.25, -0.2) is 0 Å². The minimum Gasteiger partial charge on any atom is -0.371 e. The average molecular weight is 330 g/mol. The van der Waals surface area contributed by atoms with Crippen molar-refractivity contribution in [3.8, 4) is 0 Å². The summed E-state index contributed by atoms with van der Waals surface area (Å²) in [5.41, 5.74) is 0.960. The number of likely N-dealkylation sites (tertiary alicyclic amines) is 1. The fraction of sp³-hybridized carbons (Fsp3) is 0.529. The Morgan fingerprint density at radius 3 is 3.13 bits per heavy atom. The highest BCUT2D eigenvalue weighted by molar-refractivity contribution is 7.09. The van der Waals surface area contributed by atoms with Crippen LogP contribution in [-0.2, 0) is 11.3 Å². The third-order valence-electron chi connectivity index (χ3n) is 4.71. The lowest BCUT2D eigenvalue weighted by Crippen LogP contribution is -2.33. The monoisotopic (exact) mass is 330 g/mol. The molecule has 0 bridgehead atoms. The number of ether oxygens (including phenoxy) is 1. The van der Waals surface area contributed by atoms with Crippen molar-refractivity contribution < 1.29 is 4.74 Å². The SMILES string of the molecule is Cc1ccc(N[C@@H]2CO[C@]3(CCN(Cc4cccs4)C3)C2)nn1. The topological polar surface area (TPSA) is 50.3 Å². The molecule has 0 aliphatic carbocycles. The largest absolute Gasteiger partial charge is 0.371 e. The number of thiophene rings is 1. The Balaban J connectivity index is 1.33. The van der Waals surface area contributed by atoms with Gasteiger partial charge in [0.05, 0.1) is 23.9 Å². The second-order valence-electron chi connectivity index (χ2n) is 6.64. The molecule has 0 unspecified atom stereocenters. The van der Waals surface area contributed by atoms with Crippen molar-refractivity contribution in [2.24, 2.45) is 0 Å². The summed E-state index contributed by atoms with van der Waals surface area (Å²) < 4.78 is 6.21. The van der Waals surface area contributed by atoms with Gasteiger partial charge in [-0.15, -0.1) is 16.4 Å². The summed E-state index contributed by atoms with van der Waals surface area (Å²) >= 11 is 1.83. The molecule has 1 spiro atoms. The molecule has 4 heterocycles. The molecule has 0 amide bonds. The van der Waals surface area contributed by atoms with Crippen LogP contribution in [0.25, 0.3) is 0 Å². The third kappa shape index (κ3) is 3.39. The number of nitrogens with zero attached hydrogens (tertiary/aromatic N) is 3. The van der Waals surface area contributed by atoms with Gasteiger partial charge in [0.1, 0.15) is 5.82 Å². The summed E-state index contributed by atoms with van der Waals surface area (Å²) in [4.78, 5) is 3.95. The van der Waals surface area contributed by atoms with Gasteiger partial charge in [-0.1, -0.05) is 6.07 Å². The van der Waals surface area contributed by atoms with Gasteiger partial charge in [0.25, 0.3) is 0 Å². The zero-order valence-electron chi connectivity index (χ0n) is 13.4. The van der Waals surface area contributed by atoms with Gasteiger partial charge in [-0.05, 0) is 36.9 Å². The molecule has 2 saturated heterocycles. The van der Waals surface area contributed by atoms with E-state index < -0.39 is 0 Å². The molecule has 122 valence electrons. The quantitative estimate of drug-likeness (QED) is 0.934. The molecule has 0 radical (unpaired) electrons. The summed E-state index contributed by atoms with van der Waals surface area (Å²) in [6.45, 7) is 5.90. The van der Waals surface area contributed by atoms with E-state index in [1.54, 1.807) is 0 Å². The molecule has 4 rings (SSSR count). The lowest BCUT2D eigenvalue weighted by molar-refractivity contribution is 0.0120. The van der Waals surface area contributed by atoms with E-state index in [0.29, 0.717) is 6.04 Å². The number of rotatable bonds is 4. The molecule has 6 heteroatoms. The van der Waals surface area contributed by atoms with Crippen LogP contribution in [-0.4, -0.2) is 46.4 Å². The molecular weight excluding hydrogens is 308 g/mol. The number of aromatic nitrogens is 2. The van der Waals surface area contributed by atoms with Gasteiger partial charge in [0.15, 0.2) is 0 Å². The van der Waals surface area contributed by atoms with Crippen LogP contribution in [0.4, 0.5) is 5.82 Å². The summed E-state index contributed by atoms with van der Waals surface area (Å²) in [6.07, 6.45) is 2.17. The molecule has 1 N–H and O–H groups in total. The van der Waals surface area contributed by atoms with E-state index in [2.05, 4.69) is 37.9 Å². The summed E-state index contributed by atoms with van der Waals surface area (Å²) in [5, 5.41) is 13.9. The molecule has 2 atom stereocenters. The average Bonchev–Trinajstić information content (AvgIpc) is 3.26. The molecule has 0 aromatic carbocycles. The summed E-state index contributed by atoms with van der Waals surface area (Å²) in [5.74, 6) is 0.842. The van der Waals surface area contributed by atoms with E-state index in [9.17, 15) is 0 Å². The molecule has 2 fully saturated rings. The Morgan fingerprint density at radius 2 is 2.35 bits per heavy atom. The van der Waals surface area contributed by atoms with E-state index in [4.69, 9.17) is 4.74 Å². The highest BCUT2D eigenvalue weighted by Gasteiger charge is 2.45. The Morgan fingerprint density at radius 1 is 1.39 bits per heavy atom. The number of hydrogen-bond donors (Lipinski definition) is 1. The van der Waals surface area contributed by atoms with Crippen LogP contribution in [0.3, 0.4) is 0 Å². The van der Waals surface area contributed by atoms with Gasteiger partial charge >= 0.3 is 0 Å². The van der Waals surface area contributed by atoms with Crippen LogP contribution < -0.4 is 5.32 Å². The molecule has 2 aromatic heterocycles. The van der Waals surface area contributed by atoms with E-state index in [-0.39, 0.29) is 5.60 Å². The summed E-state index contributed by atoms with van der Waals surface area (Å²) in [6, 6.07) is 8.64. The highest BCUT2D eigenvalue weighted by Crippen LogP contribution is 2.36. The molecule has 23 heavy (non-hydrogen) atoms. The van der Waals surface area contributed by atoms with Crippen LogP contribution in [0, 0.1) is 6.92 Å². The zero-order valence-corrected chi connectivity index (χ0v) is 14.2. The first-order chi connectivity index (χ1) is 11.2. The van der Waals surface area contributed by atoms with E-state index in [0.717, 1.165) is 50.6 Å². The maximum absolute atomic E-state index is 6.21. The molecule has 0 saturated carbocycles. The van der Waals surface area contributed by atoms with Gasteiger partial charge < -0.3 is 10.1 Å². The molecule has 5 nitrogen and oxygen atoms in total. The minimum absolute atomic E-state index is 0.0209. The zero-order chi connectivity index (χ0) is 15.7. The van der Waals surface area contributed by atoms with Crippen LogP contribution in [0.1, 0.15) is 23.4 Å². The second-order valence-corrected chi connectivity index (χ2v) is 7.67. The second kappa shape index (κ2) is 6.19. The number of aryl methyl sites for hydroxylation is 1. The Bertz CT molecular complexity index is 645. The number of nitrogens with one attached hydrogen (secondary N) is 1. The van der Waals surface area contributed by atoms with Crippen molar-refractivity contribution in [2.75, 3.05) is 25.0 Å². The van der Waals surface area contributed by atoms with Crippen molar-refractivity contribution in [3.05, 3.63) is 40.2 Å². The fourth-order valence-electron chi connectivity index (χ4n) is 3.59. The maximum atomic E-state index is 6.21. The van der Waals surface area contributed by atoms with Crippen molar-refractivity contribution in [2.45, 2.75) is 38.0 Å². The van der Waals surface area contributed by atoms with Gasteiger partial charge in [-0.3, -0.25) is 4.90 Å². The van der Waals surface area contributed by atoms with Crippen LogP contribution in [0.5, 0.6) is 0 Å². The van der Waals surface area contributed by atoms with E-state index in [1.165, 1.54) is 4.88 Å². The first-order valence-corrected chi connectivity index (χ1v) is 9.04. The number of anilines is 1. The normalized spacial score (nSPS) is 27.8. The van der Waals surface area contributed by atoms with Gasteiger partial charge in [0.2, 0.25) is 0 Å². The minimum atomic E-state index is 0.0209. The van der Waals surface area contributed by atoms with Crippen LogP contribution in [0.15, 0.2) is 29.6 Å². The smallest absolute Gasteiger partial charge is 0.148 e. The lowest BCUT2D eigenvalue weighted by Gasteiger charge is -2.23. The van der Waals surface area contributed by atoms with Crippen LogP contribution >= 0.6 is 11.3 Å². The predicted molar refractivity (Wildman–Crippen MR) is 91.7 cm³/mol. The van der Waals surface area contributed by atoms with E-state index in [1.807, 2.05) is 30.4 Å². The first-order valence-electron chi connectivity index (χ1n) is 8.16.